The van der Waals surface area contributed by atoms with E-state index >= 15 is 0 Å². The van der Waals surface area contributed by atoms with Crippen molar-refractivity contribution >= 4 is 30.4 Å². The van der Waals surface area contributed by atoms with E-state index in [1.54, 1.807) is 41.1 Å². The summed E-state index contributed by atoms with van der Waals surface area (Å²) in [6, 6.07) is 8.46. The summed E-state index contributed by atoms with van der Waals surface area (Å²) in [6.07, 6.45) is -0.610. The summed E-state index contributed by atoms with van der Waals surface area (Å²) < 4.78 is 37.1. The average molecular weight is 501 g/mol. The minimum atomic E-state index is -3.98. The second-order valence-electron chi connectivity index (χ2n) is 8.58. The number of rotatable bonds is 5. The van der Waals surface area contributed by atoms with Crippen LogP contribution in [0.2, 0.25) is 0 Å². The lowest BCUT2D eigenvalue weighted by molar-refractivity contribution is -0.0950. The van der Waals surface area contributed by atoms with Crippen molar-refractivity contribution in [1.29, 1.82) is 0 Å². The van der Waals surface area contributed by atoms with Crippen LogP contribution in [0.15, 0.2) is 42.9 Å². The molecule has 2 aromatic heterocycles. The molecule has 12 nitrogen and oxygen atoms in total. The first-order chi connectivity index (χ1) is 16.7. The predicted molar refractivity (Wildman–Crippen MR) is 123 cm³/mol. The van der Waals surface area contributed by atoms with Gasteiger partial charge in [-0.25, -0.2) is 19.4 Å². The van der Waals surface area contributed by atoms with Crippen LogP contribution in [0.1, 0.15) is 31.2 Å². The van der Waals surface area contributed by atoms with Crippen molar-refractivity contribution in [2.24, 2.45) is 0 Å². The first-order valence-corrected chi connectivity index (χ1v) is 12.4. The summed E-state index contributed by atoms with van der Waals surface area (Å²) in [5.41, 5.74) is 5.82. The van der Waals surface area contributed by atoms with Crippen molar-refractivity contribution < 1.29 is 33.1 Å². The first kappa shape index (κ1) is 23.8. The zero-order valence-corrected chi connectivity index (χ0v) is 19.6. The molecule has 13 heteroatoms. The molecule has 0 spiro atoms. The molecular formula is C22H24N5O7P. The van der Waals surface area contributed by atoms with Gasteiger partial charge in [0.25, 0.3) is 0 Å². The maximum atomic E-state index is 13.1. The largest absolute Gasteiger partial charge is 0.475 e. The number of hydrogen-bond acceptors (Lipinski definition) is 10. The molecule has 5 rings (SSSR count). The van der Waals surface area contributed by atoms with Crippen LogP contribution in [0.5, 0.6) is 0 Å². The van der Waals surface area contributed by atoms with Gasteiger partial charge >= 0.3 is 7.82 Å². The van der Waals surface area contributed by atoms with Gasteiger partial charge in [-0.15, -0.1) is 0 Å². The van der Waals surface area contributed by atoms with E-state index in [2.05, 4.69) is 14.8 Å². The number of phosphoric acid groups is 1. The van der Waals surface area contributed by atoms with E-state index in [0.29, 0.717) is 23.1 Å². The van der Waals surface area contributed by atoms with Gasteiger partial charge in [0.2, 0.25) is 0 Å². The third kappa shape index (κ3) is 4.32. The maximum Gasteiger partial charge on any atom is 0.475 e. The van der Waals surface area contributed by atoms with E-state index in [1.807, 2.05) is 0 Å². The summed E-state index contributed by atoms with van der Waals surface area (Å²) >= 11 is 0. The standard InChI is InChI=1S/C22H24N5O7P/c1-22(29)18(28)17(33-21(22)27-9-7-15-19(23)25-12-26-20(15)27)11-32-35(30)31-10-8-16(34-35)13-3-5-14(24-2)6-4-13/h3-7,9,12,16-18,21,28-29H,8,10-11H2,1H3,(H2,23,25,26)/t16-,17+,18+,21+,22+,35+/m0/s1. The van der Waals surface area contributed by atoms with Crippen molar-refractivity contribution in [2.75, 3.05) is 18.9 Å². The first-order valence-electron chi connectivity index (χ1n) is 10.9. The highest BCUT2D eigenvalue weighted by atomic mass is 31.2. The Morgan fingerprint density at radius 1 is 1.34 bits per heavy atom. The maximum absolute atomic E-state index is 13.1. The fourth-order valence-electron chi connectivity index (χ4n) is 4.29. The number of aliphatic hydroxyl groups is 2. The Hall–Kier alpha value is -2.88. The predicted octanol–water partition coefficient (Wildman–Crippen LogP) is 2.88. The lowest BCUT2D eigenvalue weighted by Crippen LogP contribution is -2.44. The quantitative estimate of drug-likeness (QED) is 0.351. The highest BCUT2D eigenvalue weighted by Gasteiger charge is 2.54. The van der Waals surface area contributed by atoms with Crippen LogP contribution < -0.4 is 5.73 Å². The second kappa shape index (κ2) is 8.96. The summed E-state index contributed by atoms with van der Waals surface area (Å²) in [5, 5.41) is 22.4. The molecule has 3 aromatic rings. The monoisotopic (exact) mass is 501 g/mol. The van der Waals surface area contributed by atoms with Crippen LogP contribution in [0.25, 0.3) is 15.9 Å². The molecule has 2 saturated heterocycles. The van der Waals surface area contributed by atoms with Crippen LogP contribution in [0, 0.1) is 6.57 Å². The molecule has 184 valence electrons. The van der Waals surface area contributed by atoms with E-state index in [-0.39, 0.29) is 19.0 Å². The molecule has 35 heavy (non-hydrogen) atoms. The molecule has 2 aliphatic heterocycles. The van der Waals surface area contributed by atoms with Gasteiger partial charge in [-0.05, 0) is 18.6 Å². The zero-order valence-electron chi connectivity index (χ0n) is 18.7. The number of hydrogen-bond donors (Lipinski definition) is 3. The van der Waals surface area contributed by atoms with Crippen LogP contribution >= 0.6 is 7.82 Å². The number of benzene rings is 1. The van der Waals surface area contributed by atoms with Crippen molar-refractivity contribution in [3.05, 3.63) is 59.8 Å². The smallest absolute Gasteiger partial charge is 0.387 e. The Morgan fingerprint density at radius 2 is 2.11 bits per heavy atom. The highest BCUT2D eigenvalue weighted by Crippen LogP contribution is 2.57. The normalized spacial score (nSPS) is 33.1. The summed E-state index contributed by atoms with van der Waals surface area (Å²) in [6.45, 7) is 8.27. The Balaban J connectivity index is 1.29. The third-order valence-electron chi connectivity index (χ3n) is 6.22. The summed E-state index contributed by atoms with van der Waals surface area (Å²) in [4.78, 5) is 11.5. The molecule has 4 N–H and O–H groups in total. The Morgan fingerprint density at radius 3 is 2.86 bits per heavy atom. The SMILES string of the molecule is [C-]#[N+]c1ccc([C@@H]2CCO[P@](=O)(OC[C@H]3O[C@@H](n4ccc5c(N)ncnc54)[C@](C)(O)[C@@H]3O)O2)cc1. The zero-order chi connectivity index (χ0) is 24.8. The number of nitrogen functional groups attached to an aromatic ring is 1. The number of nitrogens with two attached hydrogens (primary N) is 1. The molecule has 0 saturated carbocycles. The molecule has 0 radical (unpaired) electrons. The number of phosphoric ester groups is 1. The van der Waals surface area contributed by atoms with Gasteiger partial charge in [0.05, 0.1) is 31.3 Å². The minimum Gasteiger partial charge on any atom is -0.387 e. The Bertz CT molecular complexity index is 1320. The highest BCUT2D eigenvalue weighted by molar-refractivity contribution is 7.48. The summed E-state index contributed by atoms with van der Waals surface area (Å²) in [7, 11) is -3.98. The lowest BCUT2D eigenvalue weighted by atomic mass is 9.96. The van der Waals surface area contributed by atoms with Crippen molar-refractivity contribution in [2.45, 2.75) is 43.5 Å². The topological polar surface area (TPSA) is 156 Å². The molecule has 0 amide bonds. The number of ether oxygens (including phenoxy) is 1. The number of aliphatic hydroxyl groups excluding tert-OH is 1. The number of anilines is 1. The molecule has 0 aliphatic carbocycles. The molecule has 4 heterocycles. The lowest BCUT2D eigenvalue weighted by Gasteiger charge is -2.30. The molecule has 0 unspecified atom stereocenters. The van der Waals surface area contributed by atoms with Gasteiger partial charge in [-0.3, -0.25) is 13.6 Å². The fourth-order valence-corrected chi connectivity index (χ4v) is 5.69. The van der Waals surface area contributed by atoms with E-state index in [1.165, 1.54) is 13.3 Å². The number of fused-ring (bicyclic) bond motifs is 1. The van der Waals surface area contributed by atoms with Gasteiger partial charge in [-0.2, -0.15) is 0 Å². The molecular weight excluding hydrogens is 477 g/mol. The fraction of sp³-hybridized carbons (Fsp3) is 0.409. The molecule has 2 aliphatic rings. The molecule has 1 aromatic carbocycles. The Kier molecular flexibility index (Phi) is 6.11. The van der Waals surface area contributed by atoms with Crippen LogP contribution in [-0.2, 0) is 22.9 Å². The van der Waals surface area contributed by atoms with Crippen LogP contribution in [0.4, 0.5) is 11.5 Å². The van der Waals surface area contributed by atoms with E-state index < -0.39 is 38.0 Å². The van der Waals surface area contributed by atoms with Gasteiger partial charge in [0.1, 0.15) is 35.6 Å². The number of nitrogens with zero attached hydrogens (tertiary/aromatic N) is 4. The second-order valence-corrected chi connectivity index (χ2v) is 10.2. The molecule has 2 fully saturated rings. The molecule has 6 atom stereocenters. The van der Waals surface area contributed by atoms with Crippen molar-refractivity contribution in [3.8, 4) is 0 Å². The van der Waals surface area contributed by atoms with E-state index in [0.717, 1.165) is 5.56 Å². The third-order valence-corrected chi connectivity index (χ3v) is 7.70. The van der Waals surface area contributed by atoms with Gasteiger partial charge in [-0.1, -0.05) is 24.3 Å². The summed E-state index contributed by atoms with van der Waals surface area (Å²) in [5.74, 6) is 0.273. The van der Waals surface area contributed by atoms with E-state index in [9.17, 15) is 14.8 Å². The molecule has 0 bridgehead atoms. The van der Waals surface area contributed by atoms with Crippen LogP contribution in [0.3, 0.4) is 0 Å². The number of aromatic nitrogens is 3. The average Bonchev–Trinajstić information content (AvgIpc) is 3.37. The van der Waals surface area contributed by atoms with E-state index in [4.69, 9.17) is 30.6 Å². The minimum absolute atomic E-state index is 0.136. The van der Waals surface area contributed by atoms with Gasteiger partial charge < -0.3 is 25.3 Å². The Labute approximate surface area is 200 Å². The van der Waals surface area contributed by atoms with Gasteiger partial charge in [0.15, 0.2) is 11.9 Å². The van der Waals surface area contributed by atoms with Crippen LogP contribution in [-0.4, -0.2) is 55.8 Å². The van der Waals surface area contributed by atoms with Crippen molar-refractivity contribution in [1.82, 2.24) is 14.5 Å². The van der Waals surface area contributed by atoms with Gasteiger partial charge in [0, 0.05) is 12.6 Å². The van der Waals surface area contributed by atoms with Crippen molar-refractivity contribution in [3.63, 3.8) is 0 Å².